The second-order valence-corrected chi connectivity index (χ2v) is 5.40. The molecule has 2 aromatic carbocycles. The minimum atomic E-state index is 0.443. The SMILES string of the molecule is CC=Cc1ccc(OCCOCCOc2cccc(OC)c2)c(OC)c1. The third-order valence-corrected chi connectivity index (χ3v) is 3.57. The Morgan fingerprint density at radius 2 is 1.54 bits per heavy atom. The fraction of sp³-hybridized carbons (Fsp3) is 0.333. The molecular formula is C21H26O5. The predicted octanol–water partition coefficient (Wildman–Crippen LogP) is 4.21. The molecule has 0 spiro atoms. The van der Waals surface area contributed by atoms with Crippen molar-refractivity contribution in [2.75, 3.05) is 40.6 Å². The van der Waals surface area contributed by atoms with Crippen LogP contribution in [0.1, 0.15) is 12.5 Å². The highest BCUT2D eigenvalue weighted by molar-refractivity contribution is 5.55. The smallest absolute Gasteiger partial charge is 0.161 e. The largest absolute Gasteiger partial charge is 0.497 e. The van der Waals surface area contributed by atoms with Gasteiger partial charge in [-0.25, -0.2) is 0 Å². The van der Waals surface area contributed by atoms with Gasteiger partial charge in [-0.2, -0.15) is 0 Å². The van der Waals surface area contributed by atoms with Gasteiger partial charge in [0.15, 0.2) is 11.5 Å². The summed E-state index contributed by atoms with van der Waals surface area (Å²) in [6, 6.07) is 13.3. The Balaban J connectivity index is 1.66. The van der Waals surface area contributed by atoms with Crippen molar-refractivity contribution in [3.05, 3.63) is 54.1 Å². The summed E-state index contributed by atoms with van der Waals surface area (Å²) < 4.78 is 27.4. The molecule has 0 bridgehead atoms. The van der Waals surface area contributed by atoms with Crippen molar-refractivity contribution >= 4 is 6.08 Å². The molecular weight excluding hydrogens is 332 g/mol. The molecule has 140 valence electrons. The first kappa shape index (κ1) is 19.7. The number of allylic oxidation sites excluding steroid dienone is 1. The van der Waals surface area contributed by atoms with Crippen LogP contribution in [-0.4, -0.2) is 40.6 Å². The fourth-order valence-corrected chi connectivity index (χ4v) is 2.32. The molecule has 0 N–H and O–H groups in total. The van der Waals surface area contributed by atoms with Gasteiger partial charge in [-0.15, -0.1) is 0 Å². The molecule has 0 heterocycles. The molecule has 0 aliphatic rings. The quantitative estimate of drug-likeness (QED) is 0.563. The number of methoxy groups -OCH3 is 2. The Morgan fingerprint density at radius 1 is 0.769 bits per heavy atom. The lowest BCUT2D eigenvalue weighted by Crippen LogP contribution is -2.12. The average Bonchev–Trinajstić information content (AvgIpc) is 2.68. The maximum Gasteiger partial charge on any atom is 0.161 e. The highest BCUT2D eigenvalue weighted by Crippen LogP contribution is 2.28. The minimum Gasteiger partial charge on any atom is -0.497 e. The van der Waals surface area contributed by atoms with E-state index in [0.29, 0.717) is 37.9 Å². The van der Waals surface area contributed by atoms with Crippen LogP contribution in [0, 0.1) is 0 Å². The van der Waals surface area contributed by atoms with E-state index < -0.39 is 0 Å². The number of benzene rings is 2. The van der Waals surface area contributed by atoms with Gasteiger partial charge >= 0.3 is 0 Å². The van der Waals surface area contributed by atoms with Gasteiger partial charge in [0.2, 0.25) is 0 Å². The normalized spacial score (nSPS) is 10.7. The van der Waals surface area contributed by atoms with Crippen molar-refractivity contribution in [1.82, 2.24) is 0 Å². The number of rotatable bonds is 11. The van der Waals surface area contributed by atoms with Crippen LogP contribution in [0.3, 0.4) is 0 Å². The number of ether oxygens (including phenoxy) is 5. The van der Waals surface area contributed by atoms with Gasteiger partial charge < -0.3 is 23.7 Å². The molecule has 0 unspecified atom stereocenters. The summed E-state index contributed by atoms with van der Waals surface area (Å²) in [4.78, 5) is 0. The molecule has 0 atom stereocenters. The molecule has 0 aromatic heterocycles. The standard InChI is InChI=1S/C21H26O5/c1-4-6-17-9-10-20(21(15-17)23-3)26-14-12-24-11-13-25-19-8-5-7-18(16-19)22-2/h4-10,15-16H,11-14H2,1-3H3. The van der Waals surface area contributed by atoms with Crippen molar-refractivity contribution < 1.29 is 23.7 Å². The van der Waals surface area contributed by atoms with Crippen molar-refractivity contribution in [2.45, 2.75) is 6.92 Å². The minimum absolute atomic E-state index is 0.443. The van der Waals surface area contributed by atoms with Crippen LogP contribution < -0.4 is 18.9 Å². The van der Waals surface area contributed by atoms with Crippen molar-refractivity contribution in [3.8, 4) is 23.0 Å². The average molecular weight is 358 g/mol. The molecule has 0 aliphatic carbocycles. The van der Waals surface area contributed by atoms with Gasteiger partial charge in [-0.05, 0) is 36.8 Å². The van der Waals surface area contributed by atoms with E-state index >= 15 is 0 Å². The van der Waals surface area contributed by atoms with Gasteiger partial charge in [0.1, 0.15) is 24.7 Å². The zero-order chi connectivity index (χ0) is 18.6. The van der Waals surface area contributed by atoms with E-state index in [1.165, 1.54) is 0 Å². The maximum atomic E-state index is 5.72. The first-order chi connectivity index (χ1) is 12.8. The molecule has 5 heteroatoms. The topological polar surface area (TPSA) is 46.2 Å². The van der Waals surface area contributed by atoms with Crippen LogP contribution in [0.4, 0.5) is 0 Å². The third-order valence-electron chi connectivity index (χ3n) is 3.57. The van der Waals surface area contributed by atoms with E-state index in [1.54, 1.807) is 14.2 Å². The molecule has 26 heavy (non-hydrogen) atoms. The summed E-state index contributed by atoms with van der Waals surface area (Å²) in [5, 5.41) is 0. The highest BCUT2D eigenvalue weighted by atomic mass is 16.6. The third kappa shape index (κ3) is 6.33. The zero-order valence-electron chi connectivity index (χ0n) is 15.6. The number of hydrogen-bond donors (Lipinski definition) is 0. The Kier molecular flexibility index (Phi) is 8.36. The lowest BCUT2D eigenvalue weighted by atomic mass is 10.2. The molecule has 0 saturated carbocycles. The van der Waals surface area contributed by atoms with E-state index in [0.717, 1.165) is 17.1 Å². The van der Waals surface area contributed by atoms with Gasteiger partial charge in [-0.1, -0.05) is 24.3 Å². The summed E-state index contributed by atoms with van der Waals surface area (Å²) in [6.45, 7) is 3.85. The Labute approximate surface area is 155 Å². The van der Waals surface area contributed by atoms with Crippen LogP contribution >= 0.6 is 0 Å². The van der Waals surface area contributed by atoms with E-state index in [2.05, 4.69) is 0 Å². The summed E-state index contributed by atoms with van der Waals surface area (Å²) in [5.41, 5.74) is 1.07. The van der Waals surface area contributed by atoms with E-state index in [9.17, 15) is 0 Å². The summed E-state index contributed by atoms with van der Waals surface area (Å²) in [6.07, 6.45) is 3.99. The van der Waals surface area contributed by atoms with Crippen molar-refractivity contribution in [1.29, 1.82) is 0 Å². The van der Waals surface area contributed by atoms with Gasteiger partial charge in [0.05, 0.1) is 27.4 Å². The van der Waals surface area contributed by atoms with Crippen LogP contribution in [0.15, 0.2) is 48.5 Å². The van der Waals surface area contributed by atoms with E-state index in [-0.39, 0.29) is 0 Å². The van der Waals surface area contributed by atoms with E-state index in [1.807, 2.05) is 61.5 Å². The van der Waals surface area contributed by atoms with Crippen molar-refractivity contribution in [2.24, 2.45) is 0 Å². The second-order valence-electron chi connectivity index (χ2n) is 5.40. The first-order valence-corrected chi connectivity index (χ1v) is 8.55. The molecule has 0 amide bonds. The lowest BCUT2D eigenvalue weighted by Gasteiger charge is -2.12. The summed E-state index contributed by atoms with van der Waals surface area (Å²) in [7, 11) is 3.26. The molecule has 2 rings (SSSR count). The Bertz CT molecular complexity index is 697. The molecule has 0 aliphatic heterocycles. The second kappa shape index (κ2) is 11.1. The predicted molar refractivity (Wildman–Crippen MR) is 103 cm³/mol. The van der Waals surface area contributed by atoms with Crippen LogP contribution in [0.25, 0.3) is 6.08 Å². The first-order valence-electron chi connectivity index (χ1n) is 8.55. The van der Waals surface area contributed by atoms with Gasteiger partial charge in [-0.3, -0.25) is 0 Å². The molecule has 0 saturated heterocycles. The van der Waals surface area contributed by atoms with Gasteiger partial charge in [0, 0.05) is 6.07 Å². The summed E-state index contributed by atoms with van der Waals surface area (Å²) >= 11 is 0. The Hall–Kier alpha value is -2.66. The summed E-state index contributed by atoms with van der Waals surface area (Å²) in [5.74, 6) is 2.94. The van der Waals surface area contributed by atoms with Crippen LogP contribution in [0.2, 0.25) is 0 Å². The van der Waals surface area contributed by atoms with E-state index in [4.69, 9.17) is 23.7 Å². The molecule has 2 aromatic rings. The maximum absolute atomic E-state index is 5.72. The number of hydrogen-bond acceptors (Lipinski definition) is 5. The van der Waals surface area contributed by atoms with Crippen molar-refractivity contribution in [3.63, 3.8) is 0 Å². The lowest BCUT2D eigenvalue weighted by molar-refractivity contribution is 0.0757. The molecule has 5 nitrogen and oxygen atoms in total. The zero-order valence-corrected chi connectivity index (χ0v) is 15.6. The monoisotopic (exact) mass is 358 g/mol. The Morgan fingerprint density at radius 3 is 2.27 bits per heavy atom. The van der Waals surface area contributed by atoms with Crippen LogP contribution in [-0.2, 0) is 4.74 Å². The van der Waals surface area contributed by atoms with Crippen LogP contribution in [0.5, 0.6) is 23.0 Å². The molecule has 0 radical (unpaired) electrons. The van der Waals surface area contributed by atoms with Gasteiger partial charge in [0.25, 0.3) is 0 Å². The highest BCUT2D eigenvalue weighted by Gasteiger charge is 2.04. The molecule has 0 fully saturated rings. The fourth-order valence-electron chi connectivity index (χ4n) is 2.32.